The first-order chi connectivity index (χ1) is 6.72. The standard InChI is InChI=1S/C8H7N5O/c1-5-11-8(14)6-4-10-7(2-3-9)13(6)12-5/h4H,2H2,1H3,(H,11,12,14). The first-order valence-electron chi connectivity index (χ1n) is 4.03. The number of fused-ring (bicyclic) bond motifs is 1. The van der Waals surface area contributed by atoms with E-state index in [2.05, 4.69) is 15.1 Å². The van der Waals surface area contributed by atoms with E-state index < -0.39 is 0 Å². The van der Waals surface area contributed by atoms with Crippen LogP contribution in [-0.2, 0) is 6.42 Å². The van der Waals surface area contributed by atoms with E-state index in [9.17, 15) is 4.79 Å². The third kappa shape index (κ3) is 1.15. The van der Waals surface area contributed by atoms with E-state index in [-0.39, 0.29) is 12.0 Å². The van der Waals surface area contributed by atoms with Gasteiger partial charge in [0.15, 0.2) is 5.52 Å². The fraction of sp³-hybridized carbons (Fsp3) is 0.250. The van der Waals surface area contributed by atoms with Crippen molar-refractivity contribution >= 4 is 5.52 Å². The molecule has 0 unspecified atom stereocenters. The molecule has 0 saturated heterocycles. The molecule has 6 heteroatoms. The number of nitrogens with zero attached hydrogens (tertiary/aromatic N) is 4. The zero-order valence-electron chi connectivity index (χ0n) is 7.48. The summed E-state index contributed by atoms with van der Waals surface area (Å²) in [5.41, 5.74) is 0.120. The summed E-state index contributed by atoms with van der Waals surface area (Å²) in [6, 6.07) is 1.97. The summed E-state index contributed by atoms with van der Waals surface area (Å²) in [4.78, 5) is 17.9. The van der Waals surface area contributed by atoms with E-state index in [1.807, 2.05) is 6.07 Å². The number of nitriles is 1. The third-order valence-corrected chi connectivity index (χ3v) is 1.82. The molecule has 70 valence electrons. The number of aromatic amines is 1. The maximum atomic E-state index is 11.4. The Hall–Kier alpha value is -2.16. The molecule has 1 N–H and O–H groups in total. The number of aryl methyl sites for hydroxylation is 1. The van der Waals surface area contributed by atoms with Crippen molar-refractivity contribution in [2.75, 3.05) is 0 Å². The smallest absolute Gasteiger partial charge is 0.276 e. The summed E-state index contributed by atoms with van der Waals surface area (Å²) >= 11 is 0. The molecule has 2 aromatic heterocycles. The lowest BCUT2D eigenvalue weighted by Crippen LogP contribution is -2.14. The second kappa shape index (κ2) is 2.96. The molecular weight excluding hydrogens is 182 g/mol. The molecule has 2 rings (SSSR count). The van der Waals surface area contributed by atoms with E-state index in [1.165, 1.54) is 10.7 Å². The number of aromatic nitrogens is 4. The van der Waals surface area contributed by atoms with Gasteiger partial charge in [-0.25, -0.2) is 9.50 Å². The molecule has 0 amide bonds. The predicted molar refractivity (Wildman–Crippen MR) is 47.7 cm³/mol. The molecule has 0 radical (unpaired) electrons. The minimum absolute atomic E-state index is 0.143. The Labute approximate surface area is 78.8 Å². The normalized spacial score (nSPS) is 10.3. The van der Waals surface area contributed by atoms with E-state index in [4.69, 9.17) is 5.26 Å². The largest absolute Gasteiger partial charge is 0.307 e. The van der Waals surface area contributed by atoms with Gasteiger partial charge < -0.3 is 4.98 Å². The molecule has 14 heavy (non-hydrogen) atoms. The minimum Gasteiger partial charge on any atom is -0.307 e. The van der Waals surface area contributed by atoms with Gasteiger partial charge in [0.1, 0.15) is 11.6 Å². The van der Waals surface area contributed by atoms with Gasteiger partial charge in [0.25, 0.3) is 5.56 Å². The molecule has 0 bridgehead atoms. The van der Waals surface area contributed by atoms with E-state index in [0.29, 0.717) is 17.2 Å². The molecule has 0 aliphatic rings. The number of H-pyrrole nitrogens is 1. The minimum atomic E-state index is -0.241. The highest BCUT2D eigenvalue weighted by Crippen LogP contribution is 1.99. The van der Waals surface area contributed by atoms with Crippen LogP contribution in [0.5, 0.6) is 0 Å². The van der Waals surface area contributed by atoms with Crippen LogP contribution in [0.4, 0.5) is 0 Å². The number of imidazole rings is 1. The molecule has 0 atom stereocenters. The molecule has 0 spiro atoms. The van der Waals surface area contributed by atoms with Gasteiger partial charge >= 0.3 is 0 Å². The third-order valence-electron chi connectivity index (χ3n) is 1.82. The summed E-state index contributed by atoms with van der Waals surface area (Å²) in [6.07, 6.45) is 1.56. The van der Waals surface area contributed by atoms with Gasteiger partial charge in [-0.15, -0.1) is 0 Å². The van der Waals surface area contributed by atoms with Crippen LogP contribution in [0.3, 0.4) is 0 Å². The molecule has 6 nitrogen and oxygen atoms in total. The number of hydrogen-bond acceptors (Lipinski definition) is 4. The second-order valence-corrected chi connectivity index (χ2v) is 2.85. The number of nitrogens with one attached hydrogen (secondary N) is 1. The highest BCUT2D eigenvalue weighted by atomic mass is 16.1. The fourth-order valence-corrected chi connectivity index (χ4v) is 1.25. The first kappa shape index (κ1) is 8.44. The van der Waals surface area contributed by atoms with Crippen molar-refractivity contribution in [3.8, 4) is 6.07 Å². The lowest BCUT2D eigenvalue weighted by atomic mass is 10.4. The van der Waals surface area contributed by atoms with Crippen LogP contribution in [0.15, 0.2) is 11.0 Å². The monoisotopic (exact) mass is 189 g/mol. The van der Waals surface area contributed by atoms with Crippen LogP contribution >= 0.6 is 0 Å². The Balaban J connectivity index is 2.80. The van der Waals surface area contributed by atoms with Gasteiger partial charge in [-0.2, -0.15) is 10.4 Å². The molecule has 2 heterocycles. The van der Waals surface area contributed by atoms with Crippen LogP contribution < -0.4 is 5.56 Å². The summed E-state index contributed by atoms with van der Waals surface area (Å²) in [6.45, 7) is 1.68. The SMILES string of the molecule is Cc1nn2c(CC#N)ncc2c(=O)[nH]1. The van der Waals surface area contributed by atoms with E-state index >= 15 is 0 Å². The Kier molecular flexibility index (Phi) is 1.78. The quantitative estimate of drug-likeness (QED) is 0.672. The molecule has 0 fully saturated rings. The molecule has 2 aromatic rings. The van der Waals surface area contributed by atoms with Gasteiger partial charge in [0.2, 0.25) is 0 Å². The summed E-state index contributed by atoms with van der Waals surface area (Å²) in [5.74, 6) is 0.983. The predicted octanol–water partition coefficient (Wildman–Crippen LogP) is -0.208. The molecule has 0 saturated carbocycles. The lowest BCUT2D eigenvalue weighted by Gasteiger charge is -1.96. The van der Waals surface area contributed by atoms with Crippen molar-refractivity contribution < 1.29 is 0 Å². The van der Waals surface area contributed by atoms with E-state index in [0.717, 1.165) is 0 Å². The molecular formula is C8H7N5O. The van der Waals surface area contributed by atoms with Crippen LogP contribution in [0.1, 0.15) is 11.6 Å². The highest BCUT2D eigenvalue weighted by Gasteiger charge is 2.07. The van der Waals surface area contributed by atoms with Crippen molar-refractivity contribution in [3.05, 3.63) is 28.2 Å². The summed E-state index contributed by atoms with van der Waals surface area (Å²) < 4.78 is 1.40. The molecule has 0 aliphatic carbocycles. The fourth-order valence-electron chi connectivity index (χ4n) is 1.25. The lowest BCUT2D eigenvalue weighted by molar-refractivity contribution is 0.793. The van der Waals surface area contributed by atoms with Crippen LogP contribution in [0.25, 0.3) is 5.52 Å². The summed E-state index contributed by atoms with van der Waals surface area (Å²) in [7, 11) is 0. The van der Waals surface area contributed by atoms with Crippen molar-refractivity contribution in [1.82, 2.24) is 19.6 Å². The van der Waals surface area contributed by atoms with Crippen molar-refractivity contribution in [2.45, 2.75) is 13.3 Å². The van der Waals surface area contributed by atoms with E-state index in [1.54, 1.807) is 6.92 Å². The van der Waals surface area contributed by atoms with Crippen molar-refractivity contribution in [2.24, 2.45) is 0 Å². The molecule has 0 aliphatic heterocycles. The van der Waals surface area contributed by atoms with Crippen molar-refractivity contribution in [3.63, 3.8) is 0 Å². The zero-order valence-corrected chi connectivity index (χ0v) is 7.48. The van der Waals surface area contributed by atoms with Crippen LogP contribution in [-0.4, -0.2) is 19.6 Å². The first-order valence-corrected chi connectivity index (χ1v) is 4.03. The van der Waals surface area contributed by atoms with Gasteiger partial charge in [0.05, 0.1) is 18.7 Å². The van der Waals surface area contributed by atoms with Crippen LogP contribution in [0, 0.1) is 18.3 Å². The van der Waals surface area contributed by atoms with Gasteiger partial charge in [-0.1, -0.05) is 0 Å². The van der Waals surface area contributed by atoms with Gasteiger partial charge in [-0.3, -0.25) is 4.79 Å². The Morgan fingerprint density at radius 3 is 3.21 bits per heavy atom. The average Bonchev–Trinajstić information content (AvgIpc) is 2.49. The summed E-state index contributed by atoms with van der Waals surface area (Å²) in [5, 5.41) is 12.6. The number of rotatable bonds is 1. The Morgan fingerprint density at radius 2 is 2.50 bits per heavy atom. The van der Waals surface area contributed by atoms with Gasteiger partial charge in [-0.05, 0) is 6.92 Å². The molecule has 0 aromatic carbocycles. The number of hydrogen-bond donors (Lipinski definition) is 1. The second-order valence-electron chi connectivity index (χ2n) is 2.85. The zero-order chi connectivity index (χ0) is 10.1. The van der Waals surface area contributed by atoms with Crippen molar-refractivity contribution in [1.29, 1.82) is 5.26 Å². The van der Waals surface area contributed by atoms with Gasteiger partial charge in [0, 0.05) is 0 Å². The Morgan fingerprint density at radius 1 is 1.71 bits per heavy atom. The topological polar surface area (TPSA) is 86.8 Å². The van der Waals surface area contributed by atoms with Crippen LogP contribution in [0.2, 0.25) is 0 Å². The maximum absolute atomic E-state index is 11.4. The highest BCUT2D eigenvalue weighted by molar-refractivity contribution is 5.42. The Bertz CT molecular complexity index is 573. The average molecular weight is 189 g/mol. The maximum Gasteiger partial charge on any atom is 0.276 e.